The van der Waals surface area contributed by atoms with Crippen LogP contribution in [0.5, 0.6) is 0 Å². The van der Waals surface area contributed by atoms with Crippen LogP contribution in [0, 0.1) is 11.8 Å². The van der Waals surface area contributed by atoms with Crippen molar-refractivity contribution in [1.82, 2.24) is 15.1 Å². The Morgan fingerprint density at radius 3 is 2.59 bits per heavy atom. The van der Waals surface area contributed by atoms with Crippen molar-refractivity contribution in [3.63, 3.8) is 0 Å². The quantitative estimate of drug-likeness (QED) is 0.151. The van der Waals surface area contributed by atoms with Crippen molar-refractivity contribution in [2.24, 2.45) is 11.8 Å². The van der Waals surface area contributed by atoms with Crippen molar-refractivity contribution in [3.8, 4) is 0 Å². The molecule has 3 aliphatic heterocycles. The van der Waals surface area contributed by atoms with Gasteiger partial charge in [-0.25, -0.2) is 0 Å². The third-order valence-electron chi connectivity index (χ3n) is 8.64. The van der Waals surface area contributed by atoms with Gasteiger partial charge in [0, 0.05) is 23.8 Å². The van der Waals surface area contributed by atoms with Crippen molar-refractivity contribution in [1.29, 1.82) is 0 Å². The third-order valence-corrected chi connectivity index (χ3v) is 9.48. The number of rotatable bonds is 16. The van der Waals surface area contributed by atoms with E-state index in [2.05, 4.69) is 34.4 Å². The average molecular weight is 641 g/mol. The molecule has 0 aromatic rings. The van der Waals surface area contributed by atoms with Gasteiger partial charge in [-0.05, 0) is 39.5 Å². The number of fused-ring (bicyclic) bond motifs is 1. The standard InChI is InChI=1S/C30H46BrN3O7/c1-7-11-13-22(36)32-16-19(6)40-29(39)23-24-27(37)34(20(10-4)17-35)26(30(24)15-21(31)25(23)41-30)28(38)33(14-9-3)18(5)12-8-2/h7,9,18-21,23-26,35H,1,3,8,10-17H2,2,4-6H3,(H,32,36)/t18?,19-,20+,21?,23-,24+,25-,26-,30+/m1/s1. The number of ether oxygens (including phenoxy) is 2. The summed E-state index contributed by atoms with van der Waals surface area (Å²) in [6.07, 6.45) is 5.32. The zero-order chi connectivity index (χ0) is 30.5. The second-order valence-corrected chi connectivity index (χ2v) is 12.6. The van der Waals surface area contributed by atoms with Crippen LogP contribution in [0.2, 0.25) is 0 Å². The maximum atomic E-state index is 14.4. The zero-order valence-corrected chi connectivity index (χ0v) is 26.3. The molecule has 0 saturated carbocycles. The van der Waals surface area contributed by atoms with E-state index in [0.29, 0.717) is 32.2 Å². The molecule has 10 nitrogen and oxygen atoms in total. The SMILES string of the molecule is C=CCCC(=O)NC[C@@H](C)OC(=O)[C@H]1[C@@H]2O[C@@]3(CC2Br)[C@@H]1C(=O)N([C@@H](CC)CO)[C@@H]3C(=O)N(CC=C)C(C)CCC. The number of amides is 3. The number of aliphatic hydroxyl groups excluding tert-OH is 1. The van der Waals surface area contributed by atoms with Crippen molar-refractivity contribution in [3.05, 3.63) is 25.3 Å². The summed E-state index contributed by atoms with van der Waals surface area (Å²) in [6, 6.07) is -1.71. The Hall–Kier alpha value is -2.24. The molecule has 41 heavy (non-hydrogen) atoms. The molecule has 3 saturated heterocycles. The Labute approximate surface area is 252 Å². The van der Waals surface area contributed by atoms with E-state index in [0.717, 1.165) is 12.8 Å². The summed E-state index contributed by atoms with van der Waals surface area (Å²) in [6.45, 7) is 15.1. The Morgan fingerprint density at radius 2 is 2.00 bits per heavy atom. The lowest BCUT2D eigenvalue weighted by molar-refractivity contribution is -0.160. The molecule has 0 aromatic carbocycles. The van der Waals surface area contributed by atoms with Gasteiger partial charge in [-0.15, -0.1) is 13.2 Å². The molecule has 3 rings (SSSR count). The highest BCUT2D eigenvalue weighted by Gasteiger charge is 2.77. The lowest BCUT2D eigenvalue weighted by Crippen LogP contribution is -2.60. The molecule has 3 fully saturated rings. The number of likely N-dealkylation sites (tertiary alicyclic amines) is 1. The minimum Gasteiger partial charge on any atom is -0.460 e. The van der Waals surface area contributed by atoms with E-state index in [1.807, 2.05) is 20.8 Å². The summed E-state index contributed by atoms with van der Waals surface area (Å²) < 4.78 is 12.3. The van der Waals surface area contributed by atoms with E-state index in [1.165, 1.54) is 4.90 Å². The lowest BCUT2D eigenvalue weighted by atomic mass is 9.70. The fourth-order valence-electron chi connectivity index (χ4n) is 6.68. The summed E-state index contributed by atoms with van der Waals surface area (Å²) in [5.74, 6) is -3.27. The number of nitrogens with zero attached hydrogens (tertiary/aromatic N) is 2. The molecule has 3 amide bonds. The van der Waals surface area contributed by atoms with Gasteiger partial charge in [0.05, 0.1) is 37.1 Å². The van der Waals surface area contributed by atoms with Crippen LogP contribution in [0.1, 0.15) is 66.2 Å². The molecule has 2 bridgehead atoms. The molecule has 0 aliphatic carbocycles. The molecule has 0 radical (unpaired) electrons. The van der Waals surface area contributed by atoms with Crippen LogP contribution < -0.4 is 5.32 Å². The van der Waals surface area contributed by atoms with Crippen molar-refractivity contribution >= 4 is 39.6 Å². The van der Waals surface area contributed by atoms with Crippen LogP contribution in [-0.2, 0) is 28.7 Å². The lowest BCUT2D eigenvalue weighted by Gasteiger charge is -2.40. The fraction of sp³-hybridized carbons (Fsp3) is 0.733. The van der Waals surface area contributed by atoms with Gasteiger partial charge in [0.25, 0.3) is 0 Å². The van der Waals surface area contributed by atoms with Crippen molar-refractivity contribution < 1.29 is 33.8 Å². The number of allylic oxidation sites excluding steroid dienone is 1. The predicted octanol–water partition coefficient (Wildman–Crippen LogP) is 2.72. The highest BCUT2D eigenvalue weighted by molar-refractivity contribution is 9.09. The number of aliphatic hydroxyl groups is 1. The molecule has 0 aromatic heterocycles. The molecule has 9 atom stereocenters. The van der Waals surface area contributed by atoms with Gasteiger partial charge in [-0.2, -0.15) is 0 Å². The Bertz CT molecular complexity index is 1000. The number of nitrogens with one attached hydrogen (secondary N) is 1. The van der Waals surface area contributed by atoms with Crippen LogP contribution in [0.25, 0.3) is 0 Å². The number of carbonyl (C=O) groups excluding carboxylic acids is 4. The van der Waals surface area contributed by atoms with Crippen molar-refractivity contribution in [2.75, 3.05) is 19.7 Å². The van der Waals surface area contributed by atoms with Gasteiger partial charge in [-0.1, -0.05) is 48.4 Å². The molecule has 230 valence electrons. The largest absolute Gasteiger partial charge is 0.460 e. The minimum atomic E-state index is -1.24. The third kappa shape index (κ3) is 6.41. The van der Waals surface area contributed by atoms with Gasteiger partial charge in [0.15, 0.2) is 0 Å². The van der Waals surface area contributed by atoms with Crippen LogP contribution in [0.15, 0.2) is 25.3 Å². The first-order valence-corrected chi connectivity index (χ1v) is 15.7. The molecular formula is C30H46BrN3O7. The minimum absolute atomic E-state index is 0.103. The predicted molar refractivity (Wildman–Crippen MR) is 158 cm³/mol. The average Bonchev–Trinajstić information content (AvgIpc) is 3.53. The summed E-state index contributed by atoms with van der Waals surface area (Å²) in [5.41, 5.74) is -1.24. The van der Waals surface area contributed by atoms with E-state index in [1.54, 1.807) is 24.0 Å². The van der Waals surface area contributed by atoms with E-state index in [-0.39, 0.29) is 41.7 Å². The van der Waals surface area contributed by atoms with Gasteiger partial charge < -0.3 is 29.7 Å². The highest BCUT2D eigenvalue weighted by Crippen LogP contribution is 2.60. The number of halogens is 1. The van der Waals surface area contributed by atoms with E-state index >= 15 is 0 Å². The number of carbonyl (C=O) groups is 4. The second-order valence-electron chi connectivity index (χ2n) is 11.4. The van der Waals surface area contributed by atoms with Crippen LogP contribution in [0.3, 0.4) is 0 Å². The smallest absolute Gasteiger partial charge is 0.312 e. The van der Waals surface area contributed by atoms with Crippen LogP contribution >= 0.6 is 15.9 Å². The second kappa shape index (κ2) is 14.3. The zero-order valence-electron chi connectivity index (χ0n) is 24.7. The van der Waals surface area contributed by atoms with E-state index < -0.39 is 47.7 Å². The maximum Gasteiger partial charge on any atom is 0.312 e. The monoisotopic (exact) mass is 639 g/mol. The first-order chi connectivity index (χ1) is 19.5. The number of hydrogen-bond acceptors (Lipinski definition) is 7. The molecule has 3 aliphatic rings. The summed E-state index contributed by atoms with van der Waals surface area (Å²) in [7, 11) is 0. The highest BCUT2D eigenvalue weighted by atomic mass is 79.9. The summed E-state index contributed by atoms with van der Waals surface area (Å²) in [4.78, 5) is 57.2. The number of alkyl halides is 1. The van der Waals surface area contributed by atoms with Crippen LogP contribution in [-0.4, -0.2) is 99.1 Å². The van der Waals surface area contributed by atoms with Gasteiger partial charge in [0.2, 0.25) is 17.7 Å². The van der Waals surface area contributed by atoms with E-state index in [4.69, 9.17) is 9.47 Å². The number of hydrogen-bond donors (Lipinski definition) is 2. The Kier molecular flexibility index (Phi) is 11.6. The van der Waals surface area contributed by atoms with Gasteiger partial charge in [0.1, 0.15) is 17.7 Å². The first kappa shape index (κ1) is 33.3. The molecule has 3 heterocycles. The van der Waals surface area contributed by atoms with E-state index in [9.17, 15) is 24.3 Å². The molecule has 2 N–H and O–H groups in total. The Morgan fingerprint density at radius 1 is 1.29 bits per heavy atom. The Balaban J connectivity index is 1.94. The molecule has 11 heteroatoms. The molecule has 1 spiro atoms. The van der Waals surface area contributed by atoms with Gasteiger partial charge in [-0.3, -0.25) is 19.2 Å². The molecule has 2 unspecified atom stereocenters. The summed E-state index contributed by atoms with van der Waals surface area (Å²) >= 11 is 3.67. The van der Waals surface area contributed by atoms with Crippen molar-refractivity contribution in [2.45, 2.75) is 107 Å². The normalized spacial score (nSPS) is 30.3. The molecular weight excluding hydrogens is 594 g/mol. The summed E-state index contributed by atoms with van der Waals surface area (Å²) in [5, 5.41) is 13.0. The van der Waals surface area contributed by atoms with Gasteiger partial charge >= 0.3 is 5.97 Å². The maximum absolute atomic E-state index is 14.4. The fourth-order valence-corrected chi connectivity index (χ4v) is 7.62. The van der Waals surface area contributed by atoms with Crippen LogP contribution in [0.4, 0.5) is 0 Å². The first-order valence-electron chi connectivity index (χ1n) is 14.8. The number of esters is 1. The topological polar surface area (TPSA) is 125 Å².